The van der Waals surface area contributed by atoms with Crippen LogP contribution in [0.3, 0.4) is 0 Å². The second-order valence-corrected chi connectivity index (χ2v) is 4.53. The van der Waals surface area contributed by atoms with Gasteiger partial charge in [-0.1, -0.05) is 6.07 Å². The van der Waals surface area contributed by atoms with Crippen molar-refractivity contribution in [2.75, 3.05) is 25.1 Å². The lowest BCUT2D eigenvalue weighted by molar-refractivity contribution is 0.147. The Balaban J connectivity index is 2.06. The number of rotatable bonds is 7. The van der Waals surface area contributed by atoms with E-state index in [0.29, 0.717) is 0 Å². The van der Waals surface area contributed by atoms with E-state index in [-0.39, 0.29) is 5.82 Å². The van der Waals surface area contributed by atoms with Gasteiger partial charge >= 0.3 is 0 Å². The fraction of sp³-hybridized carbons (Fsp3) is 0.400. The van der Waals surface area contributed by atoms with Crippen LogP contribution in [0.4, 0.5) is 10.3 Å². The van der Waals surface area contributed by atoms with E-state index >= 15 is 0 Å². The van der Waals surface area contributed by atoms with Crippen molar-refractivity contribution >= 4 is 5.95 Å². The van der Waals surface area contributed by atoms with E-state index in [4.69, 9.17) is 4.74 Å². The predicted octanol–water partition coefficient (Wildman–Crippen LogP) is 3.16. The van der Waals surface area contributed by atoms with Gasteiger partial charge in [0.25, 0.3) is 0 Å². The number of nitrogens with one attached hydrogen (secondary N) is 1. The van der Waals surface area contributed by atoms with E-state index in [0.717, 1.165) is 43.5 Å². The summed E-state index contributed by atoms with van der Waals surface area (Å²) >= 11 is 0. The first-order chi connectivity index (χ1) is 9.70. The van der Waals surface area contributed by atoms with E-state index in [1.807, 2.05) is 30.7 Å². The van der Waals surface area contributed by atoms with Crippen molar-refractivity contribution in [1.82, 2.24) is 9.55 Å². The van der Waals surface area contributed by atoms with Crippen molar-refractivity contribution in [1.29, 1.82) is 0 Å². The average molecular weight is 277 g/mol. The SMILES string of the molecule is CCOCCCNc1nc(C)cn1-c1cccc(F)c1. The lowest BCUT2D eigenvalue weighted by atomic mass is 10.3. The minimum Gasteiger partial charge on any atom is -0.382 e. The number of aromatic nitrogens is 2. The van der Waals surface area contributed by atoms with Crippen molar-refractivity contribution in [3.63, 3.8) is 0 Å². The standard InChI is InChI=1S/C15H20FN3O/c1-3-20-9-5-8-17-15-18-12(2)11-19(15)14-7-4-6-13(16)10-14/h4,6-7,10-11H,3,5,8-9H2,1-2H3,(H,17,18). The molecule has 0 atom stereocenters. The summed E-state index contributed by atoms with van der Waals surface area (Å²) in [6.45, 7) is 6.13. The first-order valence-corrected chi connectivity index (χ1v) is 6.84. The van der Waals surface area contributed by atoms with Crippen LogP contribution in [-0.2, 0) is 4.74 Å². The Bertz CT molecular complexity index is 554. The molecule has 1 N–H and O–H groups in total. The minimum absolute atomic E-state index is 0.254. The van der Waals surface area contributed by atoms with Gasteiger partial charge in [-0.05, 0) is 38.5 Å². The van der Waals surface area contributed by atoms with E-state index < -0.39 is 0 Å². The summed E-state index contributed by atoms with van der Waals surface area (Å²) in [6, 6.07) is 6.48. The molecular weight excluding hydrogens is 257 g/mol. The van der Waals surface area contributed by atoms with Crippen LogP contribution in [0, 0.1) is 12.7 Å². The Hall–Kier alpha value is -1.88. The largest absolute Gasteiger partial charge is 0.382 e. The van der Waals surface area contributed by atoms with E-state index in [9.17, 15) is 4.39 Å². The van der Waals surface area contributed by atoms with Gasteiger partial charge in [-0.25, -0.2) is 9.37 Å². The summed E-state index contributed by atoms with van der Waals surface area (Å²) < 4.78 is 20.5. The molecule has 0 aliphatic heterocycles. The van der Waals surface area contributed by atoms with Gasteiger partial charge in [0.15, 0.2) is 0 Å². The molecule has 4 nitrogen and oxygen atoms in total. The molecule has 0 aliphatic rings. The third-order valence-corrected chi connectivity index (χ3v) is 2.87. The Kier molecular flexibility index (Phi) is 5.12. The molecule has 0 radical (unpaired) electrons. The van der Waals surface area contributed by atoms with Gasteiger partial charge in [0.1, 0.15) is 5.82 Å². The van der Waals surface area contributed by atoms with Gasteiger partial charge in [0, 0.05) is 26.0 Å². The molecule has 0 saturated heterocycles. The zero-order valence-electron chi connectivity index (χ0n) is 11.9. The molecule has 0 saturated carbocycles. The van der Waals surface area contributed by atoms with Crippen LogP contribution in [0.5, 0.6) is 0 Å². The first kappa shape index (κ1) is 14.5. The van der Waals surface area contributed by atoms with Gasteiger partial charge in [-0.2, -0.15) is 0 Å². The second-order valence-electron chi connectivity index (χ2n) is 4.53. The number of hydrogen-bond acceptors (Lipinski definition) is 3. The molecular formula is C15H20FN3O. The highest BCUT2D eigenvalue weighted by atomic mass is 19.1. The zero-order valence-corrected chi connectivity index (χ0v) is 11.9. The third kappa shape index (κ3) is 3.81. The number of imidazole rings is 1. The highest BCUT2D eigenvalue weighted by molar-refractivity contribution is 5.43. The van der Waals surface area contributed by atoms with Crippen molar-refractivity contribution in [3.8, 4) is 5.69 Å². The van der Waals surface area contributed by atoms with Crippen LogP contribution in [0.1, 0.15) is 19.0 Å². The molecule has 1 aromatic heterocycles. The first-order valence-electron chi connectivity index (χ1n) is 6.84. The summed E-state index contributed by atoms with van der Waals surface area (Å²) in [5.74, 6) is 0.473. The molecule has 1 aromatic carbocycles. The van der Waals surface area contributed by atoms with Crippen molar-refractivity contribution in [2.45, 2.75) is 20.3 Å². The number of anilines is 1. The molecule has 0 bridgehead atoms. The predicted molar refractivity (Wildman–Crippen MR) is 77.9 cm³/mol. The molecule has 0 unspecified atom stereocenters. The number of hydrogen-bond donors (Lipinski definition) is 1. The van der Waals surface area contributed by atoms with E-state index in [1.54, 1.807) is 6.07 Å². The van der Waals surface area contributed by atoms with Gasteiger partial charge in [-0.15, -0.1) is 0 Å². The van der Waals surface area contributed by atoms with Gasteiger partial charge in [0.2, 0.25) is 5.95 Å². The Labute approximate surface area is 118 Å². The Morgan fingerprint density at radius 1 is 1.40 bits per heavy atom. The number of ether oxygens (including phenoxy) is 1. The maximum absolute atomic E-state index is 13.3. The van der Waals surface area contributed by atoms with E-state index in [2.05, 4.69) is 10.3 Å². The molecule has 0 fully saturated rings. The third-order valence-electron chi connectivity index (χ3n) is 2.87. The second kappa shape index (κ2) is 7.05. The van der Waals surface area contributed by atoms with E-state index in [1.165, 1.54) is 12.1 Å². The number of benzene rings is 1. The normalized spacial score (nSPS) is 10.8. The van der Waals surface area contributed by atoms with Crippen LogP contribution in [-0.4, -0.2) is 29.3 Å². The molecule has 0 aliphatic carbocycles. The molecule has 2 aromatic rings. The fourth-order valence-corrected chi connectivity index (χ4v) is 1.96. The number of aryl methyl sites for hydroxylation is 1. The minimum atomic E-state index is -0.254. The molecule has 20 heavy (non-hydrogen) atoms. The molecule has 0 spiro atoms. The number of nitrogens with zero attached hydrogens (tertiary/aromatic N) is 2. The Morgan fingerprint density at radius 2 is 2.25 bits per heavy atom. The summed E-state index contributed by atoms with van der Waals surface area (Å²) in [7, 11) is 0. The molecule has 5 heteroatoms. The van der Waals surface area contributed by atoms with Crippen LogP contribution >= 0.6 is 0 Å². The van der Waals surface area contributed by atoms with Crippen molar-refractivity contribution < 1.29 is 9.13 Å². The zero-order chi connectivity index (χ0) is 14.4. The van der Waals surface area contributed by atoms with Crippen LogP contribution in [0.2, 0.25) is 0 Å². The van der Waals surface area contributed by atoms with Crippen molar-refractivity contribution in [2.24, 2.45) is 0 Å². The van der Waals surface area contributed by atoms with Crippen LogP contribution in [0.15, 0.2) is 30.5 Å². The smallest absolute Gasteiger partial charge is 0.207 e. The molecule has 1 heterocycles. The van der Waals surface area contributed by atoms with Gasteiger partial charge < -0.3 is 10.1 Å². The molecule has 108 valence electrons. The molecule has 0 amide bonds. The molecule has 2 rings (SSSR count). The Morgan fingerprint density at radius 3 is 3.00 bits per heavy atom. The van der Waals surface area contributed by atoms with Crippen LogP contribution in [0.25, 0.3) is 5.69 Å². The summed E-state index contributed by atoms with van der Waals surface area (Å²) in [6.07, 6.45) is 2.79. The highest BCUT2D eigenvalue weighted by Crippen LogP contribution is 2.17. The van der Waals surface area contributed by atoms with Crippen LogP contribution < -0.4 is 5.32 Å². The fourth-order valence-electron chi connectivity index (χ4n) is 1.96. The lowest BCUT2D eigenvalue weighted by Crippen LogP contribution is -2.10. The maximum Gasteiger partial charge on any atom is 0.207 e. The monoisotopic (exact) mass is 277 g/mol. The lowest BCUT2D eigenvalue weighted by Gasteiger charge is -2.09. The van der Waals surface area contributed by atoms with Gasteiger partial charge in [0.05, 0.1) is 11.4 Å². The quantitative estimate of drug-likeness (QED) is 0.790. The van der Waals surface area contributed by atoms with Gasteiger partial charge in [-0.3, -0.25) is 4.57 Å². The maximum atomic E-state index is 13.3. The summed E-state index contributed by atoms with van der Waals surface area (Å²) in [5, 5.41) is 3.26. The topological polar surface area (TPSA) is 39.1 Å². The number of halogens is 1. The summed E-state index contributed by atoms with van der Waals surface area (Å²) in [5.41, 5.74) is 1.65. The van der Waals surface area contributed by atoms with Crippen molar-refractivity contribution in [3.05, 3.63) is 42.0 Å². The average Bonchev–Trinajstić information content (AvgIpc) is 2.80. The summed E-state index contributed by atoms with van der Waals surface area (Å²) in [4.78, 5) is 4.42. The highest BCUT2D eigenvalue weighted by Gasteiger charge is 2.07.